The third-order valence-corrected chi connectivity index (χ3v) is 5.45. The average molecular weight is 413 g/mol. The Morgan fingerprint density at radius 2 is 1.93 bits per heavy atom. The molecule has 2 heterocycles. The van der Waals surface area contributed by atoms with Gasteiger partial charge in [-0.25, -0.2) is 4.99 Å². The largest absolute Gasteiger partial charge is 0.416 e. The molecular weight excluding hydrogens is 383 g/mol. The molecule has 0 amide bonds. The molecule has 0 radical (unpaired) electrons. The van der Waals surface area contributed by atoms with Crippen molar-refractivity contribution in [3.8, 4) is 0 Å². The zero-order valence-electron chi connectivity index (χ0n) is 17.0. The Hall–Kier alpha value is -2.00. The molecule has 29 heavy (non-hydrogen) atoms. The van der Waals surface area contributed by atoms with Crippen LogP contribution in [0.1, 0.15) is 24.5 Å². The molecule has 2 aliphatic heterocycles. The highest BCUT2D eigenvalue weighted by atomic mass is 19.4. The first-order valence-corrected chi connectivity index (χ1v) is 10.1. The van der Waals surface area contributed by atoms with Crippen LogP contribution in [0.3, 0.4) is 0 Å². The first kappa shape index (κ1) is 21.7. The van der Waals surface area contributed by atoms with Gasteiger partial charge in [0.2, 0.25) is 0 Å². The van der Waals surface area contributed by atoms with Crippen molar-refractivity contribution < 1.29 is 18.3 Å². The Kier molecular flexibility index (Phi) is 6.89. The smallest absolute Gasteiger partial charge is 0.391 e. The lowest BCUT2D eigenvalue weighted by atomic mass is 10.1. The van der Waals surface area contributed by atoms with Crippen LogP contribution in [0, 0.1) is 0 Å². The number of benzene rings is 1. The van der Waals surface area contributed by atoms with Crippen molar-refractivity contribution in [1.29, 1.82) is 0 Å². The molecule has 0 unspecified atom stereocenters. The topological polar surface area (TPSA) is 54.3 Å². The predicted octanol–water partition coefficient (Wildman–Crippen LogP) is 1.99. The third-order valence-electron chi connectivity index (χ3n) is 5.45. The van der Waals surface area contributed by atoms with Crippen molar-refractivity contribution in [2.24, 2.45) is 4.99 Å². The number of likely N-dealkylation sites (N-methyl/N-ethyl adjacent to an activating group) is 1. The maximum atomic E-state index is 13.3. The highest BCUT2D eigenvalue weighted by Crippen LogP contribution is 2.33. The van der Waals surface area contributed by atoms with Gasteiger partial charge in [-0.2, -0.15) is 13.2 Å². The monoisotopic (exact) mass is 413 g/mol. The molecule has 9 heteroatoms. The van der Waals surface area contributed by atoms with Crippen molar-refractivity contribution in [2.45, 2.75) is 32.2 Å². The molecule has 0 aliphatic carbocycles. The zero-order valence-corrected chi connectivity index (χ0v) is 17.0. The van der Waals surface area contributed by atoms with E-state index in [2.05, 4.69) is 20.1 Å². The van der Waals surface area contributed by atoms with E-state index in [0.717, 1.165) is 37.9 Å². The normalized spacial score (nSPS) is 21.7. The maximum absolute atomic E-state index is 13.3. The number of alkyl halides is 3. The van der Waals surface area contributed by atoms with E-state index < -0.39 is 17.8 Å². The van der Waals surface area contributed by atoms with E-state index in [4.69, 9.17) is 0 Å². The molecule has 6 nitrogen and oxygen atoms in total. The summed E-state index contributed by atoms with van der Waals surface area (Å²) in [5.74, 6) is 0.630. The zero-order chi connectivity index (χ0) is 21.0. The van der Waals surface area contributed by atoms with Crippen molar-refractivity contribution in [3.63, 3.8) is 0 Å². The SMILES string of the molecule is CCNC(=NCc1cc(C(F)(F)F)ccc1N1CCN(C)CC1)N1CC[C@@H](O)C1. The molecule has 2 N–H and O–H groups in total. The van der Waals surface area contributed by atoms with Gasteiger partial charge in [0.05, 0.1) is 18.2 Å². The Labute approximate surface area is 170 Å². The highest BCUT2D eigenvalue weighted by Gasteiger charge is 2.31. The Morgan fingerprint density at radius 3 is 2.52 bits per heavy atom. The van der Waals surface area contributed by atoms with E-state index in [1.54, 1.807) is 6.07 Å². The number of rotatable bonds is 4. The number of likely N-dealkylation sites (tertiary alicyclic amines) is 1. The minimum Gasteiger partial charge on any atom is -0.391 e. The van der Waals surface area contributed by atoms with Crippen LogP contribution in [-0.2, 0) is 12.7 Å². The van der Waals surface area contributed by atoms with Crippen molar-refractivity contribution in [1.82, 2.24) is 15.1 Å². The number of β-amino-alcohol motifs (C(OH)–C–C–N with tert-alkyl or cyclic N) is 1. The van der Waals surface area contributed by atoms with Gasteiger partial charge in [0.15, 0.2) is 5.96 Å². The second kappa shape index (κ2) is 9.21. The van der Waals surface area contributed by atoms with Gasteiger partial charge in [-0.05, 0) is 44.2 Å². The van der Waals surface area contributed by atoms with Crippen LogP contribution in [0.4, 0.5) is 18.9 Å². The first-order valence-electron chi connectivity index (χ1n) is 10.1. The quantitative estimate of drug-likeness (QED) is 0.584. The summed E-state index contributed by atoms with van der Waals surface area (Å²) >= 11 is 0. The van der Waals surface area contributed by atoms with Crippen molar-refractivity contribution >= 4 is 11.6 Å². The van der Waals surface area contributed by atoms with E-state index in [0.29, 0.717) is 37.6 Å². The van der Waals surface area contributed by atoms with Crippen LogP contribution >= 0.6 is 0 Å². The van der Waals surface area contributed by atoms with E-state index in [-0.39, 0.29) is 6.54 Å². The van der Waals surface area contributed by atoms with Crippen molar-refractivity contribution in [2.75, 3.05) is 57.8 Å². The fraction of sp³-hybridized carbons (Fsp3) is 0.650. The number of nitrogens with zero attached hydrogens (tertiary/aromatic N) is 4. The standard InChI is InChI=1S/C20H30F3N5O/c1-3-24-19(28-7-6-17(29)14-28)25-13-15-12-16(20(21,22)23)4-5-18(15)27-10-8-26(2)9-11-27/h4-5,12,17,29H,3,6-11,13-14H2,1-2H3,(H,24,25)/t17-/m1/s1. The minimum absolute atomic E-state index is 0.153. The molecule has 1 atom stereocenters. The summed E-state index contributed by atoms with van der Waals surface area (Å²) in [4.78, 5) is 10.9. The van der Waals surface area contributed by atoms with Crippen LogP contribution in [0.15, 0.2) is 23.2 Å². The second-order valence-electron chi connectivity index (χ2n) is 7.69. The second-order valence-corrected chi connectivity index (χ2v) is 7.69. The Balaban J connectivity index is 1.87. The summed E-state index contributed by atoms with van der Waals surface area (Å²) in [6.07, 6.45) is -4.11. The van der Waals surface area contributed by atoms with Gasteiger partial charge < -0.3 is 25.1 Å². The molecule has 1 aromatic carbocycles. The Bertz CT molecular complexity index is 717. The molecule has 3 rings (SSSR count). The maximum Gasteiger partial charge on any atom is 0.416 e. The van der Waals surface area contributed by atoms with Gasteiger partial charge >= 0.3 is 6.18 Å². The number of hydrogen-bond acceptors (Lipinski definition) is 4. The summed E-state index contributed by atoms with van der Waals surface area (Å²) < 4.78 is 39.9. The number of halogens is 3. The molecular formula is C20H30F3N5O. The molecule has 0 saturated carbocycles. The van der Waals surface area contributed by atoms with E-state index in [9.17, 15) is 18.3 Å². The summed E-state index contributed by atoms with van der Waals surface area (Å²) in [7, 11) is 2.04. The lowest BCUT2D eigenvalue weighted by Gasteiger charge is -2.35. The van der Waals surface area contributed by atoms with Gasteiger partial charge in [-0.3, -0.25) is 0 Å². The molecule has 2 aliphatic rings. The lowest BCUT2D eigenvalue weighted by Crippen LogP contribution is -2.44. The molecule has 162 valence electrons. The number of aliphatic hydroxyl groups is 1. The van der Waals surface area contributed by atoms with Gasteiger partial charge in [0.1, 0.15) is 0 Å². The van der Waals surface area contributed by atoms with Gasteiger partial charge in [-0.15, -0.1) is 0 Å². The van der Waals surface area contributed by atoms with Crippen LogP contribution in [0.2, 0.25) is 0 Å². The number of anilines is 1. The number of aliphatic hydroxyl groups excluding tert-OH is 1. The minimum atomic E-state index is -4.39. The third kappa shape index (κ3) is 5.54. The van der Waals surface area contributed by atoms with E-state index in [1.807, 2.05) is 18.9 Å². The van der Waals surface area contributed by atoms with E-state index in [1.165, 1.54) is 6.07 Å². The summed E-state index contributed by atoms with van der Waals surface area (Å²) in [6, 6.07) is 3.95. The summed E-state index contributed by atoms with van der Waals surface area (Å²) in [5, 5.41) is 13.0. The first-order chi connectivity index (χ1) is 13.8. The van der Waals surface area contributed by atoms with Crippen LogP contribution in [0.5, 0.6) is 0 Å². The number of aliphatic imine (C=N–C) groups is 1. The molecule has 1 aromatic rings. The predicted molar refractivity (Wildman–Crippen MR) is 108 cm³/mol. The molecule has 2 fully saturated rings. The highest BCUT2D eigenvalue weighted by molar-refractivity contribution is 5.80. The summed E-state index contributed by atoms with van der Waals surface area (Å²) in [5.41, 5.74) is 0.730. The fourth-order valence-corrected chi connectivity index (χ4v) is 3.76. The number of hydrogen-bond donors (Lipinski definition) is 2. The van der Waals surface area contributed by atoms with Gasteiger partial charge in [0, 0.05) is 51.5 Å². The van der Waals surface area contributed by atoms with Crippen LogP contribution in [0.25, 0.3) is 0 Å². The fourth-order valence-electron chi connectivity index (χ4n) is 3.76. The average Bonchev–Trinajstić information content (AvgIpc) is 3.11. The molecule has 0 aromatic heterocycles. The van der Waals surface area contributed by atoms with Crippen LogP contribution < -0.4 is 10.2 Å². The lowest BCUT2D eigenvalue weighted by molar-refractivity contribution is -0.137. The van der Waals surface area contributed by atoms with Crippen molar-refractivity contribution in [3.05, 3.63) is 29.3 Å². The van der Waals surface area contributed by atoms with E-state index >= 15 is 0 Å². The molecule has 0 spiro atoms. The molecule has 0 bridgehead atoms. The number of guanidine groups is 1. The number of nitrogens with one attached hydrogen (secondary N) is 1. The molecule has 2 saturated heterocycles. The number of piperazine rings is 1. The Morgan fingerprint density at radius 1 is 1.21 bits per heavy atom. The van der Waals surface area contributed by atoms with Gasteiger partial charge in [-0.1, -0.05) is 0 Å². The van der Waals surface area contributed by atoms with Crippen LogP contribution in [-0.4, -0.2) is 79.8 Å². The summed E-state index contributed by atoms with van der Waals surface area (Å²) in [6.45, 7) is 7.21. The van der Waals surface area contributed by atoms with Gasteiger partial charge in [0.25, 0.3) is 0 Å².